The topological polar surface area (TPSA) is 34.9 Å². The number of para-hydroxylation sites is 2. The fourth-order valence-corrected chi connectivity index (χ4v) is 3.52. The number of ketones is 1. The maximum atomic E-state index is 12.7. The molecule has 2 aromatic rings. The number of nitrogens with zero attached hydrogens (tertiary/aromatic N) is 2. The maximum Gasteiger partial charge on any atom is 0.146 e. The van der Waals surface area contributed by atoms with Gasteiger partial charge in [-0.3, -0.25) is 4.79 Å². The molecule has 1 fully saturated rings. The summed E-state index contributed by atoms with van der Waals surface area (Å²) in [7, 11) is 0. The lowest BCUT2D eigenvalue weighted by molar-refractivity contribution is -0.127. The number of imidazole rings is 1. The summed E-state index contributed by atoms with van der Waals surface area (Å²) in [6, 6.07) is 8.19. The van der Waals surface area contributed by atoms with E-state index >= 15 is 0 Å². The van der Waals surface area contributed by atoms with Gasteiger partial charge in [0.15, 0.2) is 0 Å². The van der Waals surface area contributed by atoms with E-state index in [-0.39, 0.29) is 5.41 Å². The second-order valence-electron chi connectivity index (χ2n) is 6.54. The SMILES string of the molecule is CCCn1c(CC(=O)C2(C)CCCC2)nc2ccccc21. The summed E-state index contributed by atoms with van der Waals surface area (Å²) in [5.74, 6) is 1.31. The van der Waals surface area contributed by atoms with E-state index in [0.29, 0.717) is 12.2 Å². The highest BCUT2D eigenvalue weighted by molar-refractivity contribution is 5.87. The van der Waals surface area contributed by atoms with Crippen molar-refractivity contribution in [2.45, 2.75) is 58.9 Å². The smallest absolute Gasteiger partial charge is 0.146 e. The van der Waals surface area contributed by atoms with Gasteiger partial charge in [-0.1, -0.05) is 38.8 Å². The Hall–Kier alpha value is -1.64. The average Bonchev–Trinajstić information content (AvgIpc) is 3.06. The Morgan fingerprint density at radius 1 is 1.29 bits per heavy atom. The number of benzene rings is 1. The van der Waals surface area contributed by atoms with E-state index in [1.165, 1.54) is 12.8 Å². The summed E-state index contributed by atoms with van der Waals surface area (Å²) < 4.78 is 2.23. The molecule has 0 spiro atoms. The van der Waals surface area contributed by atoms with Gasteiger partial charge in [0.25, 0.3) is 0 Å². The van der Waals surface area contributed by atoms with E-state index in [1.54, 1.807) is 0 Å². The van der Waals surface area contributed by atoms with E-state index in [2.05, 4.69) is 24.5 Å². The third-order valence-corrected chi connectivity index (χ3v) is 4.88. The molecule has 21 heavy (non-hydrogen) atoms. The molecule has 1 aromatic carbocycles. The normalized spacial score (nSPS) is 17.4. The highest BCUT2D eigenvalue weighted by atomic mass is 16.1. The van der Waals surface area contributed by atoms with E-state index in [9.17, 15) is 4.79 Å². The van der Waals surface area contributed by atoms with Crippen LogP contribution in [0.25, 0.3) is 11.0 Å². The minimum Gasteiger partial charge on any atom is -0.328 e. The lowest BCUT2D eigenvalue weighted by Crippen LogP contribution is -2.27. The van der Waals surface area contributed by atoms with Gasteiger partial charge in [-0.15, -0.1) is 0 Å². The lowest BCUT2D eigenvalue weighted by Gasteiger charge is -2.21. The number of Topliss-reactive ketones (excluding diaryl/α,β-unsaturated/α-hetero) is 1. The summed E-state index contributed by atoms with van der Waals surface area (Å²) >= 11 is 0. The molecule has 1 saturated carbocycles. The minimum atomic E-state index is -0.116. The van der Waals surface area contributed by atoms with Crippen LogP contribution >= 0.6 is 0 Å². The lowest BCUT2D eigenvalue weighted by atomic mass is 9.82. The number of hydrogen-bond acceptors (Lipinski definition) is 2. The summed E-state index contributed by atoms with van der Waals surface area (Å²) in [6.45, 7) is 5.23. The van der Waals surface area contributed by atoms with Gasteiger partial charge in [0.1, 0.15) is 11.6 Å². The first-order valence-corrected chi connectivity index (χ1v) is 8.11. The number of hydrogen-bond donors (Lipinski definition) is 0. The average molecular weight is 284 g/mol. The van der Waals surface area contributed by atoms with E-state index in [1.807, 2.05) is 18.2 Å². The number of aromatic nitrogens is 2. The first-order chi connectivity index (χ1) is 10.1. The highest BCUT2D eigenvalue weighted by Gasteiger charge is 2.36. The van der Waals surface area contributed by atoms with Crippen LogP contribution in [0.1, 0.15) is 51.8 Å². The second-order valence-corrected chi connectivity index (χ2v) is 6.54. The van der Waals surface area contributed by atoms with Crippen LogP contribution in [-0.4, -0.2) is 15.3 Å². The summed E-state index contributed by atoms with van der Waals surface area (Å²) in [5, 5.41) is 0. The third-order valence-electron chi connectivity index (χ3n) is 4.88. The number of fused-ring (bicyclic) bond motifs is 1. The van der Waals surface area contributed by atoms with Crippen molar-refractivity contribution in [1.82, 2.24) is 9.55 Å². The molecular weight excluding hydrogens is 260 g/mol. The Balaban J connectivity index is 1.92. The standard InChI is InChI=1S/C18H24N2O/c1-3-12-20-15-9-5-4-8-14(15)19-17(20)13-16(21)18(2)10-6-7-11-18/h4-5,8-9H,3,6-7,10-13H2,1-2H3. The van der Waals surface area contributed by atoms with E-state index in [0.717, 1.165) is 42.7 Å². The molecule has 3 heteroatoms. The van der Waals surface area contributed by atoms with Crippen molar-refractivity contribution < 1.29 is 4.79 Å². The van der Waals surface area contributed by atoms with Crippen LogP contribution in [0.15, 0.2) is 24.3 Å². The van der Waals surface area contributed by atoms with Crippen LogP contribution in [0.5, 0.6) is 0 Å². The molecule has 0 N–H and O–H groups in total. The van der Waals surface area contributed by atoms with Crippen molar-refractivity contribution in [3.63, 3.8) is 0 Å². The molecule has 0 radical (unpaired) electrons. The largest absolute Gasteiger partial charge is 0.328 e. The molecule has 3 nitrogen and oxygen atoms in total. The van der Waals surface area contributed by atoms with Gasteiger partial charge in [0.2, 0.25) is 0 Å². The first-order valence-electron chi connectivity index (χ1n) is 8.11. The van der Waals surface area contributed by atoms with Crippen molar-refractivity contribution in [3.8, 4) is 0 Å². The zero-order chi connectivity index (χ0) is 14.9. The van der Waals surface area contributed by atoms with E-state index in [4.69, 9.17) is 4.98 Å². The summed E-state index contributed by atoms with van der Waals surface area (Å²) in [5.41, 5.74) is 2.04. The van der Waals surface area contributed by atoms with Gasteiger partial charge in [0.05, 0.1) is 17.5 Å². The van der Waals surface area contributed by atoms with Gasteiger partial charge in [-0.2, -0.15) is 0 Å². The van der Waals surface area contributed by atoms with Gasteiger partial charge in [-0.05, 0) is 31.4 Å². The monoisotopic (exact) mass is 284 g/mol. The quantitative estimate of drug-likeness (QED) is 0.827. The van der Waals surface area contributed by atoms with Gasteiger partial charge >= 0.3 is 0 Å². The fourth-order valence-electron chi connectivity index (χ4n) is 3.52. The Bertz CT molecular complexity index is 650. The van der Waals surface area contributed by atoms with Crippen LogP contribution < -0.4 is 0 Å². The Morgan fingerprint density at radius 3 is 2.71 bits per heavy atom. The predicted octanol–water partition coefficient (Wildman–Crippen LogP) is 4.14. The Kier molecular flexibility index (Phi) is 3.83. The first kappa shape index (κ1) is 14.3. The van der Waals surface area contributed by atoms with Gasteiger partial charge < -0.3 is 4.57 Å². The van der Waals surface area contributed by atoms with Crippen molar-refractivity contribution >= 4 is 16.8 Å². The second kappa shape index (κ2) is 5.63. The predicted molar refractivity (Wildman–Crippen MR) is 85.3 cm³/mol. The molecule has 0 bridgehead atoms. The minimum absolute atomic E-state index is 0.116. The van der Waals surface area contributed by atoms with Crippen LogP contribution in [0.4, 0.5) is 0 Å². The molecule has 0 saturated heterocycles. The Morgan fingerprint density at radius 2 is 2.00 bits per heavy atom. The van der Waals surface area contributed by atoms with E-state index < -0.39 is 0 Å². The molecule has 1 heterocycles. The molecule has 1 aliphatic carbocycles. The molecule has 1 aromatic heterocycles. The van der Waals surface area contributed by atoms with Crippen LogP contribution in [0, 0.1) is 5.41 Å². The zero-order valence-corrected chi connectivity index (χ0v) is 13.1. The molecule has 1 aliphatic rings. The molecule has 0 amide bonds. The maximum absolute atomic E-state index is 12.7. The van der Waals surface area contributed by atoms with Crippen molar-refractivity contribution in [2.75, 3.05) is 0 Å². The Labute approximate surface area is 126 Å². The van der Waals surface area contributed by atoms with Crippen molar-refractivity contribution in [1.29, 1.82) is 0 Å². The van der Waals surface area contributed by atoms with Crippen LogP contribution in [0.3, 0.4) is 0 Å². The molecule has 3 rings (SSSR count). The van der Waals surface area contributed by atoms with Gasteiger partial charge in [0, 0.05) is 12.0 Å². The number of rotatable bonds is 5. The van der Waals surface area contributed by atoms with Crippen molar-refractivity contribution in [2.24, 2.45) is 5.41 Å². The zero-order valence-electron chi connectivity index (χ0n) is 13.1. The third kappa shape index (κ3) is 2.61. The number of carbonyl (C=O) groups is 1. The van der Waals surface area contributed by atoms with Crippen LogP contribution in [0.2, 0.25) is 0 Å². The molecular formula is C18H24N2O. The molecule has 0 unspecified atom stereocenters. The molecule has 0 atom stereocenters. The summed E-state index contributed by atoms with van der Waals surface area (Å²) in [6.07, 6.45) is 5.99. The number of carbonyl (C=O) groups excluding carboxylic acids is 1. The van der Waals surface area contributed by atoms with Crippen molar-refractivity contribution in [3.05, 3.63) is 30.1 Å². The van der Waals surface area contributed by atoms with Crippen LogP contribution in [-0.2, 0) is 17.8 Å². The van der Waals surface area contributed by atoms with Gasteiger partial charge in [-0.25, -0.2) is 4.98 Å². The summed E-state index contributed by atoms with van der Waals surface area (Å²) in [4.78, 5) is 17.4. The molecule has 0 aliphatic heterocycles. The highest BCUT2D eigenvalue weighted by Crippen LogP contribution is 2.39. The molecule has 112 valence electrons. The number of aryl methyl sites for hydroxylation is 1. The fraction of sp³-hybridized carbons (Fsp3) is 0.556.